The second-order valence-corrected chi connectivity index (χ2v) is 4.29. The first-order chi connectivity index (χ1) is 8.03. The lowest BCUT2D eigenvalue weighted by molar-refractivity contribution is -0.139. The van der Waals surface area contributed by atoms with Gasteiger partial charge in [0, 0.05) is 11.0 Å². The summed E-state index contributed by atoms with van der Waals surface area (Å²) in [7, 11) is 1.37. The van der Waals surface area contributed by atoms with Crippen molar-refractivity contribution in [1.29, 1.82) is 0 Å². The minimum absolute atomic E-state index is 0.0988. The Hall–Kier alpha value is -1.62. The van der Waals surface area contributed by atoms with E-state index in [1.807, 2.05) is 0 Å². The number of carbonyl (C=O) groups is 1. The van der Waals surface area contributed by atoms with Crippen LogP contribution in [-0.4, -0.2) is 24.2 Å². The number of rotatable bonds is 4. The highest BCUT2D eigenvalue weighted by atomic mass is 19.1. The largest absolute Gasteiger partial charge is 0.493 e. The maximum atomic E-state index is 13.6. The van der Waals surface area contributed by atoms with Gasteiger partial charge in [0.2, 0.25) is 0 Å². The van der Waals surface area contributed by atoms with Crippen LogP contribution in [0, 0.1) is 5.82 Å². The van der Waals surface area contributed by atoms with Crippen molar-refractivity contribution >= 4 is 5.97 Å². The van der Waals surface area contributed by atoms with Crippen molar-refractivity contribution < 1.29 is 19.0 Å². The Morgan fingerprint density at radius 1 is 1.59 bits per heavy atom. The van der Waals surface area contributed by atoms with Crippen LogP contribution in [-0.2, 0) is 10.2 Å². The third-order valence-corrected chi connectivity index (χ3v) is 3.36. The van der Waals surface area contributed by atoms with Gasteiger partial charge in [0.05, 0.1) is 7.11 Å². The lowest BCUT2D eigenvalue weighted by atomic mass is 9.87. The number of benzene rings is 1. The fraction of sp³-hybridized carbons (Fsp3) is 0.417. The number of hydrogen-bond acceptors (Lipinski definition) is 3. The Balaban J connectivity index is 2.47. The van der Waals surface area contributed by atoms with Gasteiger partial charge in [0.1, 0.15) is 6.04 Å². The molecule has 1 aliphatic rings. The van der Waals surface area contributed by atoms with Gasteiger partial charge in [-0.05, 0) is 18.9 Å². The van der Waals surface area contributed by atoms with E-state index in [1.54, 1.807) is 12.1 Å². The summed E-state index contributed by atoms with van der Waals surface area (Å²) in [6.07, 6.45) is 1.28. The van der Waals surface area contributed by atoms with Gasteiger partial charge in [-0.15, -0.1) is 0 Å². The van der Waals surface area contributed by atoms with Crippen molar-refractivity contribution in [3.8, 4) is 5.75 Å². The van der Waals surface area contributed by atoms with Crippen LogP contribution >= 0.6 is 0 Å². The first-order valence-corrected chi connectivity index (χ1v) is 5.34. The van der Waals surface area contributed by atoms with Crippen LogP contribution < -0.4 is 10.5 Å². The average molecular weight is 239 g/mol. The zero-order chi connectivity index (χ0) is 12.6. The van der Waals surface area contributed by atoms with Crippen LogP contribution in [0.1, 0.15) is 18.4 Å². The van der Waals surface area contributed by atoms with E-state index in [0.29, 0.717) is 18.4 Å². The number of halogens is 1. The van der Waals surface area contributed by atoms with E-state index in [0.717, 1.165) is 0 Å². The molecule has 0 heterocycles. The molecule has 1 fully saturated rings. The minimum Gasteiger partial charge on any atom is -0.493 e. The first kappa shape index (κ1) is 11.9. The molecule has 0 radical (unpaired) electrons. The molecule has 1 aromatic carbocycles. The summed E-state index contributed by atoms with van der Waals surface area (Å²) >= 11 is 0. The lowest BCUT2D eigenvalue weighted by Crippen LogP contribution is -2.42. The first-order valence-electron chi connectivity index (χ1n) is 5.34. The molecule has 17 heavy (non-hydrogen) atoms. The van der Waals surface area contributed by atoms with E-state index < -0.39 is 23.2 Å². The average Bonchev–Trinajstić information content (AvgIpc) is 3.08. The quantitative estimate of drug-likeness (QED) is 0.830. The third kappa shape index (κ3) is 1.76. The summed E-state index contributed by atoms with van der Waals surface area (Å²) in [5.74, 6) is -1.47. The van der Waals surface area contributed by atoms with Gasteiger partial charge >= 0.3 is 5.97 Å². The molecule has 0 spiro atoms. The Morgan fingerprint density at radius 3 is 2.71 bits per heavy atom. The predicted molar refractivity (Wildman–Crippen MR) is 59.5 cm³/mol. The Kier molecular flexibility index (Phi) is 2.79. The fourth-order valence-electron chi connectivity index (χ4n) is 2.23. The van der Waals surface area contributed by atoms with Crippen molar-refractivity contribution in [3.63, 3.8) is 0 Å². The maximum Gasteiger partial charge on any atom is 0.321 e. The molecular formula is C12H14FNO3. The van der Waals surface area contributed by atoms with Gasteiger partial charge < -0.3 is 15.6 Å². The summed E-state index contributed by atoms with van der Waals surface area (Å²) in [5, 5.41) is 8.99. The number of carboxylic acid groups (broad SMARTS) is 1. The normalized spacial score (nSPS) is 18.5. The molecule has 4 nitrogen and oxygen atoms in total. The molecule has 1 saturated carbocycles. The smallest absolute Gasteiger partial charge is 0.321 e. The molecule has 1 unspecified atom stereocenters. The van der Waals surface area contributed by atoms with Crippen LogP contribution in [0.2, 0.25) is 0 Å². The fourth-order valence-corrected chi connectivity index (χ4v) is 2.23. The van der Waals surface area contributed by atoms with Gasteiger partial charge in [0.25, 0.3) is 0 Å². The highest BCUT2D eigenvalue weighted by molar-refractivity contribution is 5.77. The van der Waals surface area contributed by atoms with Gasteiger partial charge in [-0.1, -0.05) is 12.1 Å². The molecule has 92 valence electrons. The molecule has 1 atom stereocenters. The van der Waals surface area contributed by atoms with Crippen molar-refractivity contribution in [2.45, 2.75) is 24.3 Å². The van der Waals surface area contributed by atoms with Gasteiger partial charge in [-0.2, -0.15) is 0 Å². The molecule has 0 aliphatic heterocycles. The van der Waals surface area contributed by atoms with Gasteiger partial charge in [0.15, 0.2) is 11.6 Å². The van der Waals surface area contributed by atoms with Crippen LogP contribution in [0.4, 0.5) is 4.39 Å². The van der Waals surface area contributed by atoms with E-state index in [4.69, 9.17) is 15.6 Å². The van der Waals surface area contributed by atoms with E-state index in [9.17, 15) is 9.18 Å². The number of aliphatic carboxylic acids is 1. The number of ether oxygens (including phenoxy) is 1. The van der Waals surface area contributed by atoms with Crippen molar-refractivity contribution in [3.05, 3.63) is 29.6 Å². The van der Waals surface area contributed by atoms with Crippen LogP contribution in [0.25, 0.3) is 0 Å². The number of carboxylic acids is 1. The molecule has 1 aromatic rings. The molecular weight excluding hydrogens is 225 g/mol. The zero-order valence-electron chi connectivity index (χ0n) is 9.44. The van der Waals surface area contributed by atoms with Crippen molar-refractivity contribution in [2.24, 2.45) is 5.73 Å². The molecule has 0 amide bonds. The SMILES string of the molecule is COc1c(F)cccc1C1(C(N)C(=O)O)CC1. The second-order valence-electron chi connectivity index (χ2n) is 4.29. The van der Waals surface area contributed by atoms with Crippen molar-refractivity contribution in [2.75, 3.05) is 7.11 Å². The minimum atomic E-state index is -1.08. The van der Waals surface area contributed by atoms with Gasteiger partial charge in [-0.25, -0.2) is 4.39 Å². The van der Waals surface area contributed by atoms with Crippen molar-refractivity contribution in [1.82, 2.24) is 0 Å². The summed E-state index contributed by atoms with van der Waals surface area (Å²) in [6.45, 7) is 0. The molecule has 5 heteroatoms. The Morgan fingerprint density at radius 2 is 2.24 bits per heavy atom. The molecule has 0 aromatic heterocycles. The molecule has 0 bridgehead atoms. The standard InChI is InChI=1S/C12H14FNO3/c1-17-9-7(3-2-4-8(9)13)12(5-6-12)10(14)11(15)16/h2-4,10H,5-6,14H2,1H3,(H,15,16). The predicted octanol–water partition coefficient (Wildman–Crippen LogP) is 1.28. The summed E-state index contributed by atoms with van der Waals surface area (Å²) < 4.78 is 18.6. The zero-order valence-corrected chi connectivity index (χ0v) is 9.44. The highest BCUT2D eigenvalue weighted by Gasteiger charge is 2.54. The van der Waals surface area contributed by atoms with E-state index in [1.165, 1.54) is 13.2 Å². The lowest BCUT2D eigenvalue weighted by Gasteiger charge is -2.22. The Labute approximate surface area is 98.2 Å². The summed E-state index contributed by atoms with van der Waals surface area (Å²) in [5.41, 5.74) is 5.55. The topological polar surface area (TPSA) is 72.5 Å². The van der Waals surface area contributed by atoms with E-state index in [-0.39, 0.29) is 5.75 Å². The number of methoxy groups -OCH3 is 1. The monoisotopic (exact) mass is 239 g/mol. The number of nitrogens with two attached hydrogens (primary N) is 1. The van der Waals surface area contributed by atoms with Gasteiger partial charge in [-0.3, -0.25) is 4.79 Å². The van der Waals surface area contributed by atoms with Crippen LogP contribution in [0.3, 0.4) is 0 Å². The summed E-state index contributed by atoms with van der Waals surface area (Å²) in [6, 6.07) is 3.47. The van der Waals surface area contributed by atoms with Crippen LogP contribution in [0.15, 0.2) is 18.2 Å². The highest BCUT2D eigenvalue weighted by Crippen LogP contribution is 2.53. The van der Waals surface area contributed by atoms with E-state index >= 15 is 0 Å². The third-order valence-electron chi connectivity index (χ3n) is 3.36. The molecule has 3 N–H and O–H groups in total. The van der Waals surface area contributed by atoms with E-state index in [2.05, 4.69) is 0 Å². The maximum absolute atomic E-state index is 13.6. The summed E-state index contributed by atoms with van der Waals surface area (Å²) in [4.78, 5) is 11.0. The molecule has 0 saturated heterocycles. The molecule has 1 aliphatic carbocycles. The number of para-hydroxylation sites is 1. The second kappa shape index (κ2) is 4.00. The van der Waals surface area contributed by atoms with Crippen LogP contribution in [0.5, 0.6) is 5.75 Å². The number of hydrogen-bond donors (Lipinski definition) is 2. The Bertz CT molecular complexity index is 457. The molecule has 2 rings (SSSR count).